The molecule has 2 unspecified atom stereocenters. The van der Waals surface area contributed by atoms with Crippen molar-refractivity contribution in [3.05, 3.63) is 64.7 Å². The van der Waals surface area contributed by atoms with Crippen molar-refractivity contribution >= 4 is 23.2 Å². The Morgan fingerprint density at radius 2 is 1.77 bits per heavy atom. The van der Waals surface area contributed by atoms with Gasteiger partial charge in [0.25, 0.3) is 0 Å². The molecule has 1 saturated heterocycles. The molecular weight excluding hydrogens is 298 g/mol. The maximum absolute atomic E-state index is 12.3. The Labute approximate surface area is 134 Å². The summed E-state index contributed by atoms with van der Waals surface area (Å²) in [4.78, 5) is 12.3. The molecule has 4 nitrogen and oxygen atoms in total. The molecule has 1 aliphatic heterocycles. The van der Waals surface area contributed by atoms with Crippen LogP contribution in [0.4, 0.5) is 5.69 Å². The van der Waals surface area contributed by atoms with E-state index in [1.807, 2.05) is 55.5 Å². The number of amides is 1. The van der Waals surface area contributed by atoms with Crippen LogP contribution in [0.2, 0.25) is 5.02 Å². The number of hydrogen-bond donors (Lipinski definition) is 3. The SMILES string of the molecule is Cc1ccc(NC(=O)C2CC(c3ccc(Cl)cc3)NN2)cc1. The molecule has 0 spiro atoms. The lowest BCUT2D eigenvalue weighted by Crippen LogP contribution is -2.39. The number of carbonyl (C=O) groups excluding carboxylic acids is 1. The van der Waals surface area contributed by atoms with Crippen molar-refractivity contribution in [3.63, 3.8) is 0 Å². The number of anilines is 1. The Kier molecular flexibility index (Phi) is 4.43. The molecule has 0 saturated carbocycles. The third-order valence-electron chi connectivity index (χ3n) is 3.81. The molecule has 22 heavy (non-hydrogen) atoms. The molecule has 0 aliphatic carbocycles. The van der Waals surface area contributed by atoms with Gasteiger partial charge >= 0.3 is 0 Å². The first-order chi connectivity index (χ1) is 10.6. The van der Waals surface area contributed by atoms with Gasteiger partial charge in [-0.25, -0.2) is 10.9 Å². The van der Waals surface area contributed by atoms with Crippen LogP contribution in [0.25, 0.3) is 0 Å². The molecule has 2 atom stereocenters. The number of nitrogens with one attached hydrogen (secondary N) is 3. The number of aryl methyl sites for hydroxylation is 1. The molecule has 0 radical (unpaired) electrons. The van der Waals surface area contributed by atoms with E-state index in [1.54, 1.807) is 0 Å². The van der Waals surface area contributed by atoms with Crippen LogP contribution in [-0.4, -0.2) is 11.9 Å². The number of halogens is 1. The molecule has 1 heterocycles. The first-order valence-corrected chi connectivity index (χ1v) is 7.64. The van der Waals surface area contributed by atoms with E-state index in [0.29, 0.717) is 11.4 Å². The fourth-order valence-corrected chi connectivity index (χ4v) is 2.63. The first kappa shape index (κ1) is 15.0. The molecule has 1 fully saturated rings. The molecule has 114 valence electrons. The maximum Gasteiger partial charge on any atom is 0.242 e. The molecule has 1 aliphatic rings. The van der Waals surface area contributed by atoms with E-state index in [4.69, 9.17) is 11.6 Å². The highest BCUT2D eigenvalue weighted by Crippen LogP contribution is 2.24. The van der Waals surface area contributed by atoms with Gasteiger partial charge in [0.1, 0.15) is 6.04 Å². The van der Waals surface area contributed by atoms with E-state index >= 15 is 0 Å². The molecule has 3 N–H and O–H groups in total. The second-order valence-corrected chi connectivity index (χ2v) is 5.97. The summed E-state index contributed by atoms with van der Waals surface area (Å²) in [5.41, 5.74) is 9.31. The van der Waals surface area contributed by atoms with Crippen molar-refractivity contribution in [1.29, 1.82) is 0 Å². The van der Waals surface area contributed by atoms with Crippen molar-refractivity contribution in [2.75, 3.05) is 5.32 Å². The zero-order chi connectivity index (χ0) is 15.5. The van der Waals surface area contributed by atoms with Crippen molar-refractivity contribution < 1.29 is 4.79 Å². The van der Waals surface area contributed by atoms with Crippen LogP contribution in [0, 0.1) is 6.92 Å². The summed E-state index contributed by atoms with van der Waals surface area (Å²) in [6, 6.07) is 15.3. The van der Waals surface area contributed by atoms with E-state index in [-0.39, 0.29) is 18.0 Å². The van der Waals surface area contributed by atoms with Gasteiger partial charge in [0, 0.05) is 16.8 Å². The third kappa shape index (κ3) is 3.47. The van der Waals surface area contributed by atoms with Gasteiger partial charge < -0.3 is 5.32 Å². The van der Waals surface area contributed by atoms with Crippen LogP contribution >= 0.6 is 11.6 Å². The Morgan fingerprint density at radius 3 is 2.45 bits per heavy atom. The Morgan fingerprint density at radius 1 is 1.09 bits per heavy atom. The third-order valence-corrected chi connectivity index (χ3v) is 4.06. The van der Waals surface area contributed by atoms with Gasteiger partial charge in [-0.2, -0.15) is 0 Å². The van der Waals surface area contributed by atoms with Crippen molar-refractivity contribution in [3.8, 4) is 0 Å². The maximum atomic E-state index is 12.3. The van der Waals surface area contributed by atoms with Gasteiger partial charge in [0.15, 0.2) is 0 Å². The van der Waals surface area contributed by atoms with E-state index in [0.717, 1.165) is 11.3 Å². The monoisotopic (exact) mass is 315 g/mol. The second kappa shape index (κ2) is 6.48. The summed E-state index contributed by atoms with van der Waals surface area (Å²) in [5, 5.41) is 3.64. The summed E-state index contributed by atoms with van der Waals surface area (Å²) >= 11 is 5.90. The van der Waals surface area contributed by atoms with Gasteiger partial charge in [-0.05, 0) is 43.2 Å². The number of carbonyl (C=O) groups is 1. The predicted octanol–water partition coefficient (Wildman–Crippen LogP) is 3.19. The zero-order valence-corrected chi connectivity index (χ0v) is 13.0. The first-order valence-electron chi connectivity index (χ1n) is 7.26. The molecule has 3 rings (SSSR count). The van der Waals surface area contributed by atoms with Gasteiger partial charge in [-0.15, -0.1) is 0 Å². The fourth-order valence-electron chi connectivity index (χ4n) is 2.51. The number of hydrazine groups is 1. The van der Waals surface area contributed by atoms with Crippen LogP contribution in [0.5, 0.6) is 0 Å². The smallest absolute Gasteiger partial charge is 0.242 e. The summed E-state index contributed by atoms with van der Waals surface area (Å²) in [7, 11) is 0. The predicted molar refractivity (Wildman–Crippen MR) is 88.7 cm³/mol. The lowest BCUT2D eigenvalue weighted by Gasteiger charge is -2.11. The number of benzene rings is 2. The summed E-state index contributed by atoms with van der Waals surface area (Å²) in [6.07, 6.45) is 0.694. The van der Waals surface area contributed by atoms with Gasteiger partial charge in [0.05, 0.1) is 0 Å². The van der Waals surface area contributed by atoms with Crippen LogP contribution in [0.3, 0.4) is 0 Å². The van der Waals surface area contributed by atoms with Gasteiger partial charge in [0.2, 0.25) is 5.91 Å². The molecular formula is C17H18ClN3O. The van der Waals surface area contributed by atoms with Gasteiger partial charge in [-0.3, -0.25) is 4.79 Å². The fraction of sp³-hybridized carbons (Fsp3) is 0.235. The zero-order valence-electron chi connectivity index (χ0n) is 12.3. The lowest BCUT2D eigenvalue weighted by atomic mass is 10.0. The minimum atomic E-state index is -0.262. The normalized spacial score (nSPS) is 20.8. The summed E-state index contributed by atoms with van der Waals surface area (Å²) in [6.45, 7) is 2.02. The average molecular weight is 316 g/mol. The molecule has 2 aromatic rings. The van der Waals surface area contributed by atoms with Crippen LogP contribution in [0.1, 0.15) is 23.6 Å². The van der Waals surface area contributed by atoms with E-state index < -0.39 is 0 Å². The Bertz CT molecular complexity index is 655. The minimum Gasteiger partial charge on any atom is -0.325 e. The van der Waals surface area contributed by atoms with Crippen LogP contribution in [-0.2, 0) is 4.79 Å². The Hall–Kier alpha value is -1.88. The molecule has 0 bridgehead atoms. The summed E-state index contributed by atoms with van der Waals surface area (Å²) in [5.74, 6) is -0.0344. The molecule has 0 aromatic heterocycles. The van der Waals surface area contributed by atoms with Crippen molar-refractivity contribution in [1.82, 2.24) is 10.9 Å². The topological polar surface area (TPSA) is 53.2 Å². The highest BCUT2D eigenvalue weighted by atomic mass is 35.5. The van der Waals surface area contributed by atoms with Crippen molar-refractivity contribution in [2.45, 2.75) is 25.4 Å². The molecule has 1 amide bonds. The number of rotatable bonds is 3. The van der Waals surface area contributed by atoms with Gasteiger partial charge in [-0.1, -0.05) is 41.4 Å². The highest BCUT2D eigenvalue weighted by Gasteiger charge is 2.30. The molecule has 2 aromatic carbocycles. The van der Waals surface area contributed by atoms with E-state index in [9.17, 15) is 4.79 Å². The Balaban J connectivity index is 1.61. The largest absolute Gasteiger partial charge is 0.325 e. The highest BCUT2D eigenvalue weighted by molar-refractivity contribution is 6.30. The summed E-state index contributed by atoms with van der Waals surface area (Å²) < 4.78 is 0. The average Bonchev–Trinajstić information content (AvgIpc) is 3.00. The lowest BCUT2D eigenvalue weighted by molar-refractivity contribution is -0.117. The quantitative estimate of drug-likeness (QED) is 0.815. The van der Waals surface area contributed by atoms with E-state index in [2.05, 4.69) is 16.2 Å². The van der Waals surface area contributed by atoms with Crippen LogP contribution in [0.15, 0.2) is 48.5 Å². The van der Waals surface area contributed by atoms with Crippen LogP contribution < -0.4 is 16.2 Å². The second-order valence-electron chi connectivity index (χ2n) is 5.54. The standard InChI is InChI=1S/C17H18ClN3O/c1-11-2-8-14(9-3-11)19-17(22)16-10-15(20-21-16)12-4-6-13(18)7-5-12/h2-9,15-16,20-21H,10H2,1H3,(H,19,22). The number of hydrogen-bond acceptors (Lipinski definition) is 3. The van der Waals surface area contributed by atoms with Crippen molar-refractivity contribution in [2.24, 2.45) is 0 Å². The minimum absolute atomic E-state index is 0.0344. The molecule has 5 heteroatoms. The van der Waals surface area contributed by atoms with E-state index in [1.165, 1.54) is 5.56 Å².